The third-order valence-corrected chi connectivity index (χ3v) is 10.8. The Bertz CT molecular complexity index is 2970. The summed E-state index contributed by atoms with van der Waals surface area (Å²) < 4.78 is 6.57. The van der Waals surface area contributed by atoms with E-state index in [0.717, 1.165) is 55.2 Å². The number of nitrogens with zero attached hydrogens (tertiary/aromatic N) is 3. The fraction of sp³-hybridized carbons (Fsp3) is 0.0600. The van der Waals surface area contributed by atoms with Crippen LogP contribution in [-0.2, 0) is 0 Å². The number of hydrogen-bond donors (Lipinski definition) is 0. The molecule has 0 bridgehead atoms. The van der Waals surface area contributed by atoms with Crippen LogP contribution in [0.5, 0.6) is 0 Å². The molecule has 1 atom stereocenters. The number of allylic oxidation sites excluding steroid dienone is 4. The van der Waals surface area contributed by atoms with E-state index in [1.165, 1.54) is 33.2 Å². The third kappa shape index (κ3) is 5.34. The monoisotopic (exact) mass is 693 g/mol. The minimum atomic E-state index is 0.261. The maximum atomic E-state index is 6.57. The quantitative estimate of drug-likeness (QED) is 0.180. The van der Waals surface area contributed by atoms with Gasteiger partial charge in [0.15, 0.2) is 17.5 Å². The molecular weight excluding hydrogens is 659 g/mol. The van der Waals surface area contributed by atoms with Crippen molar-refractivity contribution < 1.29 is 4.42 Å². The average molecular weight is 694 g/mol. The Hall–Kier alpha value is -6.91. The van der Waals surface area contributed by atoms with Gasteiger partial charge in [0.25, 0.3) is 0 Å². The summed E-state index contributed by atoms with van der Waals surface area (Å²) in [5, 5.41) is 4.35. The van der Waals surface area contributed by atoms with E-state index in [2.05, 4.69) is 135 Å². The first-order valence-electron chi connectivity index (χ1n) is 18.4. The highest BCUT2D eigenvalue weighted by Gasteiger charge is 2.25. The molecule has 2 heterocycles. The predicted octanol–water partition coefficient (Wildman–Crippen LogP) is 13.2. The molecule has 2 aromatic heterocycles. The van der Waals surface area contributed by atoms with Gasteiger partial charge in [-0.05, 0) is 74.9 Å². The summed E-state index contributed by atoms with van der Waals surface area (Å²) in [6.45, 7) is 4.50. The molecule has 1 aliphatic rings. The molecule has 0 fully saturated rings. The van der Waals surface area contributed by atoms with E-state index in [1.54, 1.807) is 0 Å². The number of fused-ring (bicyclic) bond motifs is 7. The van der Waals surface area contributed by atoms with Crippen LogP contribution in [-0.4, -0.2) is 15.0 Å². The second kappa shape index (κ2) is 12.9. The predicted molar refractivity (Wildman–Crippen MR) is 223 cm³/mol. The summed E-state index contributed by atoms with van der Waals surface area (Å²) in [6, 6.07) is 54.9. The largest absolute Gasteiger partial charge is 0.456 e. The van der Waals surface area contributed by atoms with E-state index in [9.17, 15) is 0 Å². The first-order valence-corrected chi connectivity index (χ1v) is 18.4. The van der Waals surface area contributed by atoms with E-state index in [-0.39, 0.29) is 5.92 Å². The first kappa shape index (κ1) is 31.8. The van der Waals surface area contributed by atoms with Gasteiger partial charge >= 0.3 is 0 Å². The summed E-state index contributed by atoms with van der Waals surface area (Å²) >= 11 is 0. The van der Waals surface area contributed by atoms with Crippen LogP contribution >= 0.6 is 0 Å². The molecule has 0 aliphatic heterocycles. The normalized spacial score (nSPS) is 14.8. The zero-order valence-corrected chi connectivity index (χ0v) is 30.0. The van der Waals surface area contributed by atoms with Gasteiger partial charge in [0, 0.05) is 33.4 Å². The van der Waals surface area contributed by atoms with Crippen LogP contribution in [0.4, 0.5) is 0 Å². The summed E-state index contributed by atoms with van der Waals surface area (Å²) in [5.41, 5.74) is 13.2. The summed E-state index contributed by atoms with van der Waals surface area (Å²) in [5.74, 6) is 2.11. The molecule has 0 spiro atoms. The molecule has 1 unspecified atom stereocenters. The molecule has 9 aromatic rings. The van der Waals surface area contributed by atoms with Crippen molar-refractivity contribution in [3.8, 4) is 45.3 Å². The second-order valence-corrected chi connectivity index (χ2v) is 14.0. The lowest BCUT2D eigenvalue weighted by molar-refractivity contribution is 0.669. The van der Waals surface area contributed by atoms with Crippen molar-refractivity contribution in [2.24, 2.45) is 0 Å². The molecule has 0 radical (unpaired) electrons. The fourth-order valence-corrected chi connectivity index (χ4v) is 8.08. The molecule has 0 amide bonds. The maximum absolute atomic E-state index is 6.57. The minimum absolute atomic E-state index is 0.261. The zero-order valence-electron chi connectivity index (χ0n) is 30.0. The Morgan fingerprint density at radius 3 is 1.98 bits per heavy atom. The van der Waals surface area contributed by atoms with E-state index in [1.807, 2.05) is 48.5 Å². The second-order valence-electron chi connectivity index (χ2n) is 14.0. The fourth-order valence-electron chi connectivity index (χ4n) is 8.08. The minimum Gasteiger partial charge on any atom is -0.456 e. The highest BCUT2D eigenvalue weighted by Crippen LogP contribution is 2.46. The van der Waals surface area contributed by atoms with Crippen LogP contribution in [0.15, 0.2) is 174 Å². The molecule has 0 saturated heterocycles. The number of hydrogen-bond acceptors (Lipinski definition) is 4. The van der Waals surface area contributed by atoms with Gasteiger partial charge in [-0.25, -0.2) is 15.0 Å². The lowest BCUT2D eigenvalue weighted by Crippen LogP contribution is -2.07. The highest BCUT2D eigenvalue weighted by molar-refractivity contribution is 6.15. The van der Waals surface area contributed by atoms with Gasteiger partial charge in [0.1, 0.15) is 11.2 Å². The van der Waals surface area contributed by atoms with Crippen molar-refractivity contribution in [1.82, 2.24) is 15.0 Å². The van der Waals surface area contributed by atoms with E-state index in [0.29, 0.717) is 17.5 Å². The smallest absolute Gasteiger partial charge is 0.164 e. The molecule has 7 aromatic carbocycles. The van der Waals surface area contributed by atoms with Crippen molar-refractivity contribution in [2.75, 3.05) is 0 Å². The van der Waals surface area contributed by atoms with Crippen LogP contribution in [0.25, 0.3) is 89.1 Å². The molecular formula is C50H35N3O. The topological polar surface area (TPSA) is 51.8 Å². The zero-order chi connectivity index (χ0) is 36.2. The van der Waals surface area contributed by atoms with Gasteiger partial charge in [-0.2, -0.15) is 0 Å². The van der Waals surface area contributed by atoms with Crippen LogP contribution in [0, 0.1) is 0 Å². The Labute approximate surface area is 313 Å². The molecule has 4 nitrogen and oxygen atoms in total. The van der Waals surface area contributed by atoms with Crippen molar-refractivity contribution in [1.29, 1.82) is 0 Å². The Morgan fingerprint density at radius 2 is 1.15 bits per heavy atom. The Balaban J connectivity index is 1.15. The Kier molecular flexibility index (Phi) is 7.62. The van der Waals surface area contributed by atoms with E-state index >= 15 is 0 Å². The van der Waals surface area contributed by atoms with E-state index in [4.69, 9.17) is 19.4 Å². The first-order chi connectivity index (χ1) is 26.6. The lowest BCUT2D eigenvalue weighted by atomic mass is 9.76. The van der Waals surface area contributed by atoms with Gasteiger partial charge in [-0.3, -0.25) is 0 Å². The van der Waals surface area contributed by atoms with Gasteiger partial charge in [0.2, 0.25) is 0 Å². The molecule has 10 rings (SSSR count). The van der Waals surface area contributed by atoms with Crippen LogP contribution in [0.2, 0.25) is 0 Å². The van der Waals surface area contributed by atoms with E-state index < -0.39 is 0 Å². The number of aromatic nitrogens is 3. The van der Waals surface area contributed by atoms with Crippen LogP contribution in [0.3, 0.4) is 0 Å². The highest BCUT2D eigenvalue weighted by atomic mass is 16.3. The molecule has 54 heavy (non-hydrogen) atoms. The lowest BCUT2D eigenvalue weighted by Gasteiger charge is -2.28. The van der Waals surface area contributed by atoms with Crippen molar-refractivity contribution in [3.63, 3.8) is 0 Å². The van der Waals surface area contributed by atoms with Crippen molar-refractivity contribution >= 4 is 43.9 Å². The molecule has 0 saturated carbocycles. The van der Waals surface area contributed by atoms with Crippen molar-refractivity contribution in [3.05, 3.63) is 187 Å². The number of benzene rings is 7. The summed E-state index contributed by atoms with van der Waals surface area (Å²) in [7, 11) is 0. The Morgan fingerprint density at radius 1 is 0.519 bits per heavy atom. The number of furan rings is 1. The molecule has 4 heteroatoms. The van der Waals surface area contributed by atoms with Gasteiger partial charge < -0.3 is 4.42 Å². The molecule has 1 aliphatic carbocycles. The average Bonchev–Trinajstić information content (AvgIpc) is 3.63. The third-order valence-electron chi connectivity index (χ3n) is 10.8. The van der Waals surface area contributed by atoms with Gasteiger partial charge in [0.05, 0.1) is 0 Å². The standard InChI is InChI=1S/C50H35N3O/c1-31(26-29-39-32(2)38-18-8-9-19-40(38)42-21-11-10-20-41(39)42)37-22-12-24-44-46(37)47-43(23-13-25-45(47)54-44)50-52-48(34-15-4-3-5-16-34)51-49(53-50)36-28-27-33-14-6-7-17-35(33)30-36/h3-30,32H,1-2H3/b31-26+,39-29+. The summed E-state index contributed by atoms with van der Waals surface area (Å²) in [4.78, 5) is 15.3. The SMILES string of the molecule is C/C(=C\C=C1\c2ccccc2-c2ccccc2C1C)c1cccc2oc3cccc(-c4nc(-c5ccccc5)nc(-c5ccc6ccccc6c5)n4)c3c12. The molecule has 256 valence electrons. The van der Waals surface area contributed by atoms with Gasteiger partial charge in [-0.1, -0.05) is 159 Å². The maximum Gasteiger partial charge on any atom is 0.164 e. The molecule has 0 N–H and O–H groups in total. The summed E-state index contributed by atoms with van der Waals surface area (Å²) in [6.07, 6.45) is 4.58. The van der Waals surface area contributed by atoms with Crippen LogP contribution < -0.4 is 0 Å². The van der Waals surface area contributed by atoms with Gasteiger partial charge in [-0.15, -0.1) is 0 Å². The van der Waals surface area contributed by atoms with Crippen LogP contribution in [0.1, 0.15) is 36.5 Å². The van der Waals surface area contributed by atoms with Crippen molar-refractivity contribution in [2.45, 2.75) is 19.8 Å². The number of rotatable bonds is 5.